The fourth-order valence-electron chi connectivity index (χ4n) is 3.45. The molecule has 1 saturated heterocycles. The van der Waals surface area contributed by atoms with Crippen LogP contribution in [-0.4, -0.2) is 48.3 Å². The minimum atomic E-state index is -0.555. The molecule has 6 heteroatoms. The van der Waals surface area contributed by atoms with E-state index in [2.05, 4.69) is 10.6 Å². The van der Waals surface area contributed by atoms with Crippen molar-refractivity contribution >= 4 is 17.7 Å². The van der Waals surface area contributed by atoms with Gasteiger partial charge in [0.25, 0.3) is 5.91 Å². The third-order valence-electron chi connectivity index (χ3n) is 5.39. The third-order valence-corrected chi connectivity index (χ3v) is 5.39. The Morgan fingerprint density at radius 1 is 1.00 bits per heavy atom. The van der Waals surface area contributed by atoms with E-state index in [4.69, 9.17) is 0 Å². The molecule has 1 fully saturated rings. The average Bonchev–Trinajstić information content (AvgIpc) is 2.70. The molecule has 1 aliphatic heterocycles. The molecule has 1 aromatic rings. The first-order valence-electron chi connectivity index (χ1n) is 10.6. The number of benzene rings is 1. The van der Waals surface area contributed by atoms with E-state index in [-0.39, 0.29) is 29.6 Å². The van der Waals surface area contributed by atoms with E-state index in [0.717, 1.165) is 5.56 Å². The lowest BCUT2D eigenvalue weighted by Gasteiger charge is -2.36. The highest BCUT2D eigenvalue weighted by atomic mass is 16.2. The van der Waals surface area contributed by atoms with Crippen LogP contribution < -0.4 is 10.6 Å². The maximum atomic E-state index is 12.8. The lowest BCUT2D eigenvalue weighted by molar-refractivity contribution is -0.132. The van der Waals surface area contributed by atoms with E-state index in [1.165, 1.54) is 0 Å². The van der Waals surface area contributed by atoms with Crippen molar-refractivity contribution in [3.05, 3.63) is 35.4 Å². The van der Waals surface area contributed by atoms with Crippen LogP contribution in [0, 0.1) is 24.7 Å². The fourth-order valence-corrected chi connectivity index (χ4v) is 3.45. The van der Waals surface area contributed by atoms with Crippen molar-refractivity contribution in [1.29, 1.82) is 0 Å². The van der Waals surface area contributed by atoms with Crippen molar-refractivity contribution in [3.8, 4) is 0 Å². The number of nitrogens with zero attached hydrogens (tertiary/aromatic N) is 1. The van der Waals surface area contributed by atoms with Crippen LogP contribution in [0.4, 0.5) is 0 Å². The lowest BCUT2D eigenvalue weighted by Crippen LogP contribution is -2.54. The normalized spacial score (nSPS) is 16.0. The van der Waals surface area contributed by atoms with Crippen LogP contribution in [0.5, 0.6) is 0 Å². The van der Waals surface area contributed by atoms with Crippen molar-refractivity contribution in [2.24, 2.45) is 17.8 Å². The molecule has 3 amide bonds. The first-order chi connectivity index (χ1) is 13.7. The zero-order valence-electron chi connectivity index (χ0n) is 18.3. The minimum Gasteiger partial charge on any atom is -0.354 e. The molecule has 160 valence electrons. The van der Waals surface area contributed by atoms with Crippen LogP contribution >= 0.6 is 0 Å². The number of likely N-dealkylation sites (tertiary alicyclic amines) is 1. The molecule has 1 aliphatic rings. The van der Waals surface area contributed by atoms with E-state index < -0.39 is 6.04 Å². The second kappa shape index (κ2) is 10.4. The van der Waals surface area contributed by atoms with Crippen LogP contribution in [0.25, 0.3) is 0 Å². The maximum absolute atomic E-state index is 12.8. The van der Waals surface area contributed by atoms with E-state index in [0.29, 0.717) is 44.0 Å². The Morgan fingerprint density at radius 3 is 2.10 bits per heavy atom. The van der Waals surface area contributed by atoms with Crippen molar-refractivity contribution in [2.45, 2.75) is 53.5 Å². The highest BCUT2D eigenvalue weighted by molar-refractivity contribution is 5.94. The molecule has 29 heavy (non-hydrogen) atoms. The van der Waals surface area contributed by atoms with Crippen LogP contribution in [0.1, 0.15) is 56.5 Å². The molecule has 0 spiro atoms. The number of nitrogens with one attached hydrogen (secondary N) is 2. The second-order valence-electron chi connectivity index (χ2n) is 8.78. The Balaban J connectivity index is 2.02. The average molecular weight is 402 g/mol. The van der Waals surface area contributed by atoms with Gasteiger partial charge in [0.2, 0.25) is 11.8 Å². The van der Waals surface area contributed by atoms with Crippen molar-refractivity contribution in [1.82, 2.24) is 15.5 Å². The Kier molecular flexibility index (Phi) is 8.23. The summed E-state index contributed by atoms with van der Waals surface area (Å²) in [5.74, 6) is -0.0424. The predicted molar refractivity (Wildman–Crippen MR) is 114 cm³/mol. The Hall–Kier alpha value is -2.37. The quantitative estimate of drug-likeness (QED) is 0.737. The number of amides is 3. The number of piperidine rings is 1. The van der Waals surface area contributed by atoms with E-state index in [9.17, 15) is 14.4 Å². The zero-order valence-corrected chi connectivity index (χ0v) is 18.3. The predicted octanol–water partition coefficient (Wildman–Crippen LogP) is 2.76. The molecule has 1 heterocycles. The first kappa shape index (κ1) is 22.9. The number of aryl methyl sites for hydroxylation is 1. The summed E-state index contributed by atoms with van der Waals surface area (Å²) in [6, 6.07) is 7.04. The number of rotatable bonds is 7. The minimum absolute atomic E-state index is 0.0203. The van der Waals surface area contributed by atoms with Gasteiger partial charge in [-0.25, -0.2) is 0 Å². The number of hydrogen-bond acceptors (Lipinski definition) is 3. The SMILES string of the molecule is Cc1ccc(C(=O)N2CCC(C(NC(=O)C(C)C)C(=O)NCC(C)C)CC2)cc1. The molecule has 1 aromatic carbocycles. The molecule has 0 saturated carbocycles. The first-order valence-corrected chi connectivity index (χ1v) is 10.6. The van der Waals surface area contributed by atoms with Gasteiger partial charge in [-0.05, 0) is 43.7 Å². The molecule has 6 nitrogen and oxygen atoms in total. The summed E-state index contributed by atoms with van der Waals surface area (Å²) in [6.07, 6.45) is 1.38. The monoisotopic (exact) mass is 401 g/mol. The summed E-state index contributed by atoms with van der Waals surface area (Å²) >= 11 is 0. The molecular weight excluding hydrogens is 366 g/mol. The van der Waals surface area contributed by atoms with Gasteiger partial charge in [0.05, 0.1) is 0 Å². The molecule has 0 aliphatic carbocycles. The largest absolute Gasteiger partial charge is 0.354 e. The number of carbonyl (C=O) groups excluding carboxylic acids is 3. The van der Waals surface area contributed by atoms with Gasteiger partial charge in [-0.1, -0.05) is 45.4 Å². The molecule has 1 unspecified atom stereocenters. The van der Waals surface area contributed by atoms with Gasteiger partial charge in [0.15, 0.2) is 0 Å². The lowest BCUT2D eigenvalue weighted by atomic mass is 9.88. The molecule has 0 aromatic heterocycles. The van der Waals surface area contributed by atoms with E-state index in [1.54, 1.807) is 0 Å². The highest BCUT2D eigenvalue weighted by Gasteiger charge is 2.34. The van der Waals surface area contributed by atoms with Crippen LogP contribution in [0.2, 0.25) is 0 Å². The molecule has 0 bridgehead atoms. The molecule has 2 N–H and O–H groups in total. The molecule has 2 rings (SSSR count). The van der Waals surface area contributed by atoms with Crippen molar-refractivity contribution in [3.63, 3.8) is 0 Å². The van der Waals surface area contributed by atoms with Gasteiger partial charge in [-0.15, -0.1) is 0 Å². The van der Waals surface area contributed by atoms with Gasteiger partial charge in [-0.3, -0.25) is 14.4 Å². The third kappa shape index (κ3) is 6.58. The van der Waals surface area contributed by atoms with Gasteiger partial charge >= 0.3 is 0 Å². The highest BCUT2D eigenvalue weighted by Crippen LogP contribution is 2.23. The van der Waals surface area contributed by atoms with Crippen LogP contribution in [0.3, 0.4) is 0 Å². The number of hydrogen-bond donors (Lipinski definition) is 2. The van der Waals surface area contributed by atoms with Crippen LogP contribution in [-0.2, 0) is 9.59 Å². The second-order valence-corrected chi connectivity index (χ2v) is 8.78. The summed E-state index contributed by atoms with van der Waals surface area (Å²) < 4.78 is 0. The van der Waals surface area contributed by atoms with Gasteiger partial charge in [-0.2, -0.15) is 0 Å². The van der Waals surface area contributed by atoms with E-state index >= 15 is 0 Å². The standard InChI is InChI=1S/C23H35N3O3/c1-15(2)14-24-22(28)20(25-21(27)16(3)4)18-10-12-26(13-11-18)23(29)19-8-6-17(5)7-9-19/h6-9,15-16,18,20H,10-14H2,1-5H3,(H,24,28)(H,25,27). The van der Waals surface area contributed by atoms with Gasteiger partial charge in [0, 0.05) is 31.1 Å². The van der Waals surface area contributed by atoms with Crippen LogP contribution in [0.15, 0.2) is 24.3 Å². The van der Waals surface area contributed by atoms with Crippen molar-refractivity contribution in [2.75, 3.05) is 19.6 Å². The Labute approximate surface area is 174 Å². The topological polar surface area (TPSA) is 78.5 Å². The molecule has 1 atom stereocenters. The molecule has 0 radical (unpaired) electrons. The van der Waals surface area contributed by atoms with Gasteiger partial charge in [0.1, 0.15) is 6.04 Å². The smallest absolute Gasteiger partial charge is 0.253 e. The van der Waals surface area contributed by atoms with Gasteiger partial charge < -0.3 is 15.5 Å². The summed E-state index contributed by atoms with van der Waals surface area (Å²) in [6.45, 7) is 11.5. The summed E-state index contributed by atoms with van der Waals surface area (Å²) in [4.78, 5) is 39.6. The Bertz CT molecular complexity index is 705. The van der Waals surface area contributed by atoms with E-state index in [1.807, 2.05) is 63.8 Å². The zero-order chi connectivity index (χ0) is 21.6. The summed E-state index contributed by atoms with van der Waals surface area (Å²) in [5, 5.41) is 5.89. The molecular formula is C23H35N3O3. The summed E-state index contributed by atoms with van der Waals surface area (Å²) in [7, 11) is 0. The van der Waals surface area contributed by atoms with Crippen molar-refractivity contribution < 1.29 is 14.4 Å². The maximum Gasteiger partial charge on any atom is 0.253 e. The fraction of sp³-hybridized carbons (Fsp3) is 0.609. The number of carbonyl (C=O) groups is 3. The Morgan fingerprint density at radius 2 is 1.59 bits per heavy atom. The summed E-state index contributed by atoms with van der Waals surface area (Å²) in [5.41, 5.74) is 1.81.